The topological polar surface area (TPSA) is 58.9 Å². The summed E-state index contributed by atoms with van der Waals surface area (Å²) in [5.74, 6) is -0.0673. The second-order valence-electron chi connectivity index (χ2n) is 6.84. The predicted molar refractivity (Wildman–Crippen MR) is 101 cm³/mol. The fraction of sp³-hybridized carbons (Fsp3) is 0.350. The van der Waals surface area contributed by atoms with Gasteiger partial charge in [0.1, 0.15) is 6.54 Å². The number of piperazine rings is 1. The van der Waals surface area contributed by atoms with Gasteiger partial charge in [-0.05, 0) is 31.5 Å². The maximum Gasteiger partial charge on any atom is 0.243 e. The number of rotatable bonds is 5. The van der Waals surface area contributed by atoms with Crippen molar-refractivity contribution < 1.29 is 18.1 Å². The number of nitrogens with one attached hydrogen (secondary N) is 1. The van der Waals surface area contributed by atoms with Gasteiger partial charge < -0.3 is 4.90 Å². The second-order valence-corrected chi connectivity index (χ2v) is 8.78. The maximum atomic E-state index is 12.8. The number of ketones is 1. The number of nitrogens with zero attached hydrogens (tertiary/aromatic N) is 1. The molecule has 0 aliphatic carbocycles. The number of carbonyl (C=O) groups is 1. The lowest BCUT2D eigenvalue weighted by Crippen LogP contribution is -3.13. The van der Waals surface area contributed by atoms with Crippen LogP contribution in [0.3, 0.4) is 0 Å². The number of aryl methyl sites for hydroxylation is 1. The molecule has 0 unspecified atom stereocenters. The minimum atomic E-state index is -3.50. The van der Waals surface area contributed by atoms with E-state index in [1.54, 1.807) is 16.4 Å². The first-order valence-corrected chi connectivity index (χ1v) is 10.3. The Bertz CT molecular complexity index is 884. The molecule has 0 amide bonds. The van der Waals surface area contributed by atoms with E-state index < -0.39 is 10.0 Å². The van der Waals surface area contributed by atoms with E-state index in [9.17, 15) is 13.2 Å². The number of carbonyl (C=O) groups excluding carboxylic acids is 1. The third-order valence-corrected chi connectivity index (χ3v) is 6.94. The first-order valence-electron chi connectivity index (χ1n) is 8.87. The van der Waals surface area contributed by atoms with Crippen molar-refractivity contribution in [2.24, 2.45) is 0 Å². The lowest BCUT2D eigenvalue weighted by atomic mass is 10.1. The van der Waals surface area contributed by atoms with Crippen molar-refractivity contribution in [3.05, 3.63) is 65.2 Å². The van der Waals surface area contributed by atoms with E-state index in [0.717, 1.165) is 19.6 Å². The molecule has 26 heavy (non-hydrogen) atoms. The summed E-state index contributed by atoms with van der Waals surface area (Å²) in [7, 11) is -3.50. The summed E-state index contributed by atoms with van der Waals surface area (Å²) in [6.45, 7) is 7.11. The van der Waals surface area contributed by atoms with E-state index in [0.29, 0.717) is 18.7 Å². The van der Waals surface area contributed by atoms with Crippen LogP contribution in [0.5, 0.6) is 0 Å². The Morgan fingerprint density at radius 2 is 1.65 bits per heavy atom. The van der Waals surface area contributed by atoms with Crippen LogP contribution >= 0.6 is 0 Å². The fourth-order valence-electron chi connectivity index (χ4n) is 3.31. The highest BCUT2D eigenvalue weighted by Gasteiger charge is 2.30. The molecule has 0 aromatic heterocycles. The summed E-state index contributed by atoms with van der Waals surface area (Å²) >= 11 is 0. The van der Waals surface area contributed by atoms with Crippen LogP contribution in [0.15, 0.2) is 53.4 Å². The van der Waals surface area contributed by atoms with Gasteiger partial charge in [0.2, 0.25) is 10.0 Å². The van der Waals surface area contributed by atoms with Crippen molar-refractivity contribution >= 4 is 15.8 Å². The van der Waals surface area contributed by atoms with Gasteiger partial charge in [0.25, 0.3) is 0 Å². The van der Waals surface area contributed by atoms with Gasteiger partial charge in [-0.1, -0.05) is 36.4 Å². The minimum absolute atomic E-state index is 0.0673. The first kappa shape index (κ1) is 18.8. The molecule has 0 bridgehead atoms. The number of hydrogen-bond acceptors (Lipinski definition) is 3. The van der Waals surface area contributed by atoms with E-state index in [1.165, 1.54) is 35.1 Å². The van der Waals surface area contributed by atoms with Crippen LogP contribution in [0.2, 0.25) is 0 Å². The molecule has 1 aliphatic heterocycles. The fourth-order valence-corrected chi connectivity index (χ4v) is 4.75. The van der Waals surface area contributed by atoms with Gasteiger partial charge in [0.15, 0.2) is 5.78 Å². The largest absolute Gasteiger partial charge is 0.329 e. The molecule has 0 saturated carbocycles. The lowest BCUT2D eigenvalue weighted by molar-refractivity contribution is -0.917. The molecule has 138 valence electrons. The number of quaternary nitrogens is 1. The standard InChI is InChI=1S/C20H24N2O3S/c1-16-5-3-4-6-19(16)15-21-11-13-22(14-12-21)26(24,25)20-9-7-18(8-10-20)17(2)23/h3-10H,11-15H2,1-2H3/p+1. The van der Waals surface area contributed by atoms with E-state index >= 15 is 0 Å². The molecule has 1 aliphatic rings. The normalized spacial score (nSPS) is 16.5. The maximum absolute atomic E-state index is 12.8. The van der Waals surface area contributed by atoms with E-state index in [4.69, 9.17) is 0 Å². The number of benzene rings is 2. The average molecular weight is 373 g/mol. The van der Waals surface area contributed by atoms with Crippen LogP contribution in [0, 0.1) is 6.92 Å². The van der Waals surface area contributed by atoms with Crippen molar-refractivity contribution in [2.45, 2.75) is 25.3 Å². The van der Waals surface area contributed by atoms with Crippen LogP contribution < -0.4 is 4.90 Å². The van der Waals surface area contributed by atoms with Crippen LogP contribution in [-0.2, 0) is 16.6 Å². The van der Waals surface area contributed by atoms with Gasteiger partial charge in [-0.3, -0.25) is 4.79 Å². The summed E-state index contributed by atoms with van der Waals surface area (Å²) in [5.41, 5.74) is 3.12. The van der Waals surface area contributed by atoms with Crippen molar-refractivity contribution in [1.29, 1.82) is 0 Å². The molecule has 1 saturated heterocycles. The highest BCUT2D eigenvalue weighted by molar-refractivity contribution is 7.89. The molecule has 0 atom stereocenters. The average Bonchev–Trinajstić information content (AvgIpc) is 2.64. The highest BCUT2D eigenvalue weighted by Crippen LogP contribution is 2.17. The molecule has 1 fully saturated rings. The van der Waals surface area contributed by atoms with Gasteiger partial charge in [0, 0.05) is 11.1 Å². The summed E-state index contributed by atoms with van der Waals surface area (Å²) in [6, 6.07) is 14.5. The number of Topliss-reactive ketones (excluding diaryl/α,β-unsaturated/α-hetero) is 1. The number of sulfonamides is 1. The monoisotopic (exact) mass is 373 g/mol. The van der Waals surface area contributed by atoms with Gasteiger partial charge in [-0.2, -0.15) is 4.31 Å². The molecule has 6 heteroatoms. The predicted octanol–water partition coefficient (Wildman–Crippen LogP) is 1.29. The second kappa shape index (κ2) is 7.70. The minimum Gasteiger partial charge on any atom is -0.329 e. The van der Waals surface area contributed by atoms with Gasteiger partial charge >= 0.3 is 0 Å². The molecule has 3 rings (SSSR count). The van der Waals surface area contributed by atoms with Crippen molar-refractivity contribution in [2.75, 3.05) is 26.2 Å². The summed E-state index contributed by atoms with van der Waals surface area (Å²) < 4.78 is 27.2. The zero-order chi connectivity index (χ0) is 18.7. The molecule has 5 nitrogen and oxygen atoms in total. The van der Waals surface area contributed by atoms with Crippen molar-refractivity contribution in [3.8, 4) is 0 Å². The van der Waals surface area contributed by atoms with Gasteiger partial charge in [0.05, 0.1) is 31.1 Å². The Morgan fingerprint density at radius 3 is 2.23 bits per heavy atom. The zero-order valence-corrected chi connectivity index (χ0v) is 16.1. The Kier molecular flexibility index (Phi) is 5.55. The summed E-state index contributed by atoms with van der Waals surface area (Å²) in [6.07, 6.45) is 0. The Labute approximate surface area is 155 Å². The molecule has 0 spiro atoms. The first-order chi connectivity index (χ1) is 12.4. The SMILES string of the molecule is CC(=O)c1ccc(S(=O)(=O)N2CC[NH+](Cc3ccccc3C)CC2)cc1. The Hall–Kier alpha value is -2.02. The molecular weight excluding hydrogens is 348 g/mol. The van der Waals surface area contributed by atoms with Crippen LogP contribution in [0.1, 0.15) is 28.4 Å². The molecule has 1 N–H and O–H groups in total. The third-order valence-electron chi connectivity index (χ3n) is 5.03. The summed E-state index contributed by atoms with van der Waals surface area (Å²) in [5, 5.41) is 0. The molecule has 0 radical (unpaired) electrons. The highest BCUT2D eigenvalue weighted by atomic mass is 32.2. The molecule has 1 heterocycles. The Morgan fingerprint density at radius 1 is 1.04 bits per heavy atom. The van der Waals surface area contributed by atoms with Crippen LogP contribution in [0.25, 0.3) is 0 Å². The van der Waals surface area contributed by atoms with E-state index in [2.05, 4.69) is 19.1 Å². The lowest BCUT2D eigenvalue weighted by Gasteiger charge is -2.31. The van der Waals surface area contributed by atoms with E-state index in [-0.39, 0.29) is 10.7 Å². The smallest absolute Gasteiger partial charge is 0.243 e. The summed E-state index contributed by atoms with van der Waals surface area (Å²) in [4.78, 5) is 13.0. The quantitative estimate of drug-likeness (QED) is 0.804. The van der Waals surface area contributed by atoms with Gasteiger partial charge in [-0.25, -0.2) is 8.42 Å². The van der Waals surface area contributed by atoms with Crippen LogP contribution in [-0.4, -0.2) is 44.7 Å². The van der Waals surface area contributed by atoms with E-state index in [1.807, 2.05) is 12.1 Å². The molecule has 2 aromatic carbocycles. The van der Waals surface area contributed by atoms with Crippen molar-refractivity contribution in [3.63, 3.8) is 0 Å². The van der Waals surface area contributed by atoms with Gasteiger partial charge in [-0.15, -0.1) is 0 Å². The van der Waals surface area contributed by atoms with Crippen LogP contribution in [0.4, 0.5) is 0 Å². The zero-order valence-electron chi connectivity index (χ0n) is 15.2. The number of hydrogen-bond donors (Lipinski definition) is 1. The molecular formula is C20H25N2O3S+. The van der Waals surface area contributed by atoms with Crippen molar-refractivity contribution in [1.82, 2.24) is 4.31 Å². The molecule has 2 aromatic rings. The third kappa shape index (κ3) is 4.03. The Balaban J connectivity index is 1.65.